The number of para-hydroxylation sites is 1. The molecule has 2 heterocycles. The molecule has 0 radical (unpaired) electrons. The molecule has 2 aromatic rings. The van der Waals surface area contributed by atoms with Crippen molar-refractivity contribution in [2.75, 3.05) is 45.7 Å². The third-order valence-electron chi connectivity index (χ3n) is 5.03. The van der Waals surface area contributed by atoms with Crippen molar-refractivity contribution in [3.63, 3.8) is 0 Å². The van der Waals surface area contributed by atoms with E-state index in [0.29, 0.717) is 11.3 Å². The maximum absolute atomic E-state index is 12.5. The summed E-state index contributed by atoms with van der Waals surface area (Å²) >= 11 is 0. The Balaban J connectivity index is 1.72. The standard InChI is InChI=1S/C20H24N4O3/c1-23(26-2)20(25)14-7-8-18-16(13-14)22-19(24-11-9-21-10-12-24)15-5-3-4-6-17(15)27-18/h3-8,13,19,21-22H,9-12H2,1-2H3. The predicted octanol–water partition coefficient (Wildman–Crippen LogP) is 2.44. The average molecular weight is 368 g/mol. The Morgan fingerprint density at radius 1 is 1.19 bits per heavy atom. The quantitative estimate of drug-likeness (QED) is 0.812. The van der Waals surface area contributed by atoms with Crippen molar-refractivity contribution in [3.05, 3.63) is 53.6 Å². The van der Waals surface area contributed by atoms with Crippen molar-refractivity contribution >= 4 is 11.6 Å². The average Bonchev–Trinajstić information content (AvgIpc) is 2.89. The number of piperazine rings is 1. The van der Waals surface area contributed by atoms with Crippen LogP contribution in [0.3, 0.4) is 0 Å². The molecule has 1 saturated heterocycles. The summed E-state index contributed by atoms with van der Waals surface area (Å²) in [6.45, 7) is 3.77. The van der Waals surface area contributed by atoms with Gasteiger partial charge < -0.3 is 15.4 Å². The highest BCUT2D eigenvalue weighted by atomic mass is 16.7. The third-order valence-corrected chi connectivity index (χ3v) is 5.03. The van der Waals surface area contributed by atoms with Gasteiger partial charge in [0.2, 0.25) is 0 Å². The summed E-state index contributed by atoms with van der Waals surface area (Å²) in [4.78, 5) is 19.9. The van der Waals surface area contributed by atoms with Gasteiger partial charge in [0.25, 0.3) is 5.91 Å². The molecule has 2 aliphatic rings. The zero-order chi connectivity index (χ0) is 18.8. The molecule has 1 unspecified atom stereocenters. The van der Waals surface area contributed by atoms with Crippen molar-refractivity contribution in [2.24, 2.45) is 0 Å². The molecule has 7 heteroatoms. The molecule has 2 aliphatic heterocycles. The fourth-order valence-electron chi connectivity index (χ4n) is 3.50. The van der Waals surface area contributed by atoms with Crippen LogP contribution in [0.5, 0.6) is 11.5 Å². The van der Waals surface area contributed by atoms with Crippen LogP contribution in [0.2, 0.25) is 0 Å². The lowest BCUT2D eigenvalue weighted by atomic mass is 10.1. The smallest absolute Gasteiger partial charge is 0.277 e. The van der Waals surface area contributed by atoms with Crippen molar-refractivity contribution in [3.8, 4) is 11.5 Å². The van der Waals surface area contributed by atoms with Crippen LogP contribution in [-0.4, -0.2) is 56.2 Å². The highest BCUT2D eigenvalue weighted by molar-refractivity contribution is 5.95. The number of carbonyl (C=O) groups excluding carboxylic acids is 1. The lowest BCUT2D eigenvalue weighted by molar-refractivity contribution is -0.0756. The normalized spacial score (nSPS) is 19.1. The second-order valence-electron chi connectivity index (χ2n) is 6.67. The Morgan fingerprint density at radius 2 is 1.96 bits per heavy atom. The summed E-state index contributed by atoms with van der Waals surface area (Å²) in [5.41, 5.74) is 2.43. The number of benzene rings is 2. The SMILES string of the molecule is CON(C)C(=O)c1ccc2c(c1)NC(N1CCNCC1)c1ccccc1O2. The van der Waals surface area contributed by atoms with Gasteiger partial charge in [0, 0.05) is 44.4 Å². The third kappa shape index (κ3) is 3.49. The van der Waals surface area contributed by atoms with Gasteiger partial charge in [0.1, 0.15) is 11.9 Å². The van der Waals surface area contributed by atoms with Gasteiger partial charge in [-0.1, -0.05) is 18.2 Å². The van der Waals surface area contributed by atoms with Crippen LogP contribution in [0.4, 0.5) is 5.69 Å². The number of ether oxygens (including phenoxy) is 1. The van der Waals surface area contributed by atoms with E-state index in [1.807, 2.05) is 30.3 Å². The summed E-state index contributed by atoms with van der Waals surface area (Å²) in [5.74, 6) is 1.33. The molecule has 2 aromatic carbocycles. The summed E-state index contributed by atoms with van der Waals surface area (Å²) < 4.78 is 6.18. The van der Waals surface area contributed by atoms with Gasteiger partial charge in [-0.2, -0.15) is 0 Å². The lowest BCUT2D eigenvalue weighted by Crippen LogP contribution is -2.47. The first kappa shape index (κ1) is 17.8. The zero-order valence-corrected chi connectivity index (χ0v) is 15.6. The molecule has 0 saturated carbocycles. The molecular weight excluding hydrogens is 344 g/mol. The van der Waals surface area contributed by atoms with E-state index >= 15 is 0 Å². The Kier molecular flexibility index (Phi) is 4.98. The molecule has 0 bridgehead atoms. The second-order valence-corrected chi connectivity index (χ2v) is 6.67. The number of carbonyl (C=O) groups is 1. The van der Waals surface area contributed by atoms with E-state index in [4.69, 9.17) is 9.57 Å². The molecule has 27 heavy (non-hydrogen) atoms. The number of rotatable bonds is 3. The van der Waals surface area contributed by atoms with E-state index in [1.165, 1.54) is 12.2 Å². The molecular formula is C20H24N4O3. The van der Waals surface area contributed by atoms with Crippen molar-refractivity contribution < 1.29 is 14.4 Å². The van der Waals surface area contributed by atoms with Crippen LogP contribution in [0.1, 0.15) is 22.1 Å². The molecule has 142 valence electrons. The summed E-state index contributed by atoms with van der Waals surface area (Å²) in [6.07, 6.45) is -0.0185. The topological polar surface area (TPSA) is 66.1 Å². The van der Waals surface area contributed by atoms with E-state index in [1.54, 1.807) is 13.1 Å². The molecule has 7 nitrogen and oxygen atoms in total. The fraction of sp³-hybridized carbons (Fsp3) is 0.350. The minimum atomic E-state index is -0.206. The molecule has 1 amide bonds. The highest BCUT2D eigenvalue weighted by Gasteiger charge is 2.29. The largest absolute Gasteiger partial charge is 0.455 e. The van der Waals surface area contributed by atoms with Gasteiger partial charge in [0.15, 0.2) is 5.75 Å². The number of amides is 1. The van der Waals surface area contributed by atoms with Crippen molar-refractivity contribution in [2.45, 2.75) is 6.17 Å². The van der Waals surface area contributed by atoms with Crippen LogP contribution >= 0.6 is 0 Å². The van der Waals surface area contributed by atoms with Crippen LogP contribution in [0.15, 0.2) is 42.5 Å². The maximum Gasteiger partial charge on any atom is 0.277 e. The van der Waals surface area contributed by atoms with Gasteiger partial charge in [0.05, 0.1) is 12.8 Å². The minimum Gasteiger partial charge on any atom is -0.455 e. The Hall–Kier alpha value is -2.61. The summed E-state index contributed by atoms with van der Waals surface area (Å²) in [5, 5.41) is 8.20. The number of hydrogen-bond acceptors (Lipinski definition) is 6. The Morgan fingerprint density at radius 3 is 2.74 bits per heavy atom. The van der Waals surface area contributed by atoms with E-state index < -0.39 is 0 Å². The molecule has 2 N–H and O–H groups in total. The molecule has 0 spiro atoms. The zero-order valence-electron chi connectivity index (χ0n) is 15.6. The van der Waals surface area contributed by atoms with E-state index in [2.05, 4.69) is 21.6 Å². The molecule has 1 fully saturated rings. The van der Waals surface area contributed by atoms with E-state index in [0.717, 1.165) is 43.2 Å². The van der Waals surface area contributed by atoms with Gasteiger partial charge in [-0.25, -0.2) is 5.06 Å². The van der Waals surface area contributed by atoms with Gasteiger partial charge in [-0.15, -0.1) is 0 Å². The summed E-state index contributed by atoms with van der Waals surface area (Å²) in [6, 6.07) is 13.5. The number of hydroxylamine groups is 2. The Labute approximate surface area is 158 Å². The number of nitrogens with one attached hydrogen (secondary N) is 2. The first-order chi connectivity index (χ1) is 13.2. The minimum absolute atomic E-state index is 0.0185. The van der Waals surface area contributed by atoms with Gasteiger partial charge in [-0.3, -0.25) is 14.5 Å². The fourth-order valence-corrected chi connectivity index (χ4v) is 3.50. The second kappa shape index (κ2) is 7.56. The molecule has 0 aromatic heterocycles. The number of hydrogen-bond donors (Lipinski definition) is 2. The number of anilines is 1. The predicted molar refractivity (Wildman–Crippen MR) is 103 cm³/mol. The van der Waals surface area contributed by atoms with Crippen LogP contribution in [-0.2, 0) is 4.84 Å². The first-order valence-corrected chi connectivity index (χ1v) is 9.11. The van der Waals surface area contributed by atoms with Gasteiger partial charge >= 0.3 is 0 Å². The molecule has 0 aliphatic carbocycles. The lowest BCUT2D eigenvalue weighted by Gasteiger charge is -2.35. The maximum atomic E-state index is 12.5. The summed E-state index contributed by atoms with van der Waals surface area (Å²) in [7, 11) is 3.07. The Bertz CT molecular complexity index is 836. The number of nitrogens with zero attached hydrogens (tertiary/aromatic N) is 2. The van der Waals surface area contributed by atoms with Gasteiger partial charge in [-0.05, 0) is 24.3 Å². The first-order valence-electron chi connectivity index (χ1n) is 9.11. The van der Waals surface area contributed by atoms with Crippen LogP contribution in [0.25, 0.3) is 0 Å². The van der Waals surface area contributed by atoms with Crippen LogP contribution < -0.4 is 15.4 Å². The van der Waals surface area contributed by atoms with Crippen molar-refractivity contribution in [1.82, 2.24) is 15.3 Å². The highest BCUT2D eigenvalue weighted by Crippen LogP contribution is 2.41. The molecule has 1 atom stereocenters. The van der Waals surface area contributed by atoms with E-state index in [9.17, 15) is 4.79 Å². The van der Waals surface area contributed by atoms with E-state index in [-0.39, 0.29) is 12.1 Å². The molecule has 4 rings (SSSR count). The monoisotopic (exact) mass is 368 g/mol. The number of fused-ring (bicyclic) bond motifs is 2. The van der Waals surface area contributed by atoms with Crippen LogP contribution in [0, 0.1) is 0 Å². The van der Waals surface area contributed by atoms with Crippen molar-refractivity contribution in [1.29, 1.82) is 0 Å².